The lowest BCUT2D eigenvalue weighted by Crippen LogP contribution is -2.66. The van der Waals surface area contributed by atoms with Gasteiger partial charge in [-0.05, 0) is 28.8 Å². The quantitative estimate of drug-likeness (QED) is 0.537. The summed E-state index contributed by atoms with van der Waals surface area (Å²) in [6.45, 7) is -0.298. The van der Waals surface area contributed by atoms with Gasteiger partial charge >= 0.3 is 12.1 Å². The van der Waals surface area contributed by atoms with Gasteiger partial charge in [-0.1, -0.05) is 36.4 Å². The third kappa shape index (κ3) is 4.85. The lowest BCUT2D eigenvalue weighted by Gasteiger charge is -2.51. The van der Waals surface area contributed by atoms with Crippen molar-refractivity contribution >= 4 is 17.8 Å². The van der Waals surface area contributed by atoms with Crippen molar-refractivity contribution in [3.8, 4) is 11.1 Å². The fraction of sp³-hybridized carbons (Fsp3) is 0.292. The number of hydrogen-bond acceptors (Lipinski definition) is 5. The monoisotopic (exact) mass is 490 g/mol. The van der Waals surface area contributed by atoms with E-state index in [1.807, 2.05) is 0 Å². The molecular weight excluding hydrogens is 469 g/mol. The highest BCUT2D eigenvalue weighted by Gasteiger charge is 2.52. The first kappa shape index (κ1) is 24.3. The van der Waals surface area contributed by atoms with Gasteiger partial charge < -0.3 is 25.2 Å². The highest BCUT2D eigenvalue weighted by Crippen LogP contribution is 2.39. The van der Waals surface area contributed by atoms with Gasteiger partial charge in [-0.3, -0.25) is 14.4 Å². The average molecular weight is 490 g/mol. The van der Waals surface area contributed by atoms with Crippen LogP contribution in [0.4, 0.5) is 13.2 Å². The van der Waals surface area contributed by atoms with E-state index in [0.29, 0.717) is 16.7 Å². The molecule has 35 heavy (non-hydrogen) atoms. The number of carbonyl (C=O) groups excluding carboxylic acids is 2. The van der Waals surface area contributed by atoms with Gasteiger partial charge in [0.15, 0.2) is 0 Å². The number of hydrogen-bond donors (Lipinski definition) is 3. The molecule has 2 amide bonds. The summed E-state index contributed by atoms with van der Waals surface area (Å²) in [4.78, 5) is 37.8. The number of rotatable bonds is 6. The second-order valence-electron chi connectivity index (χ2n) is 8.46. The third-order valence-corrected chi connectivity index (χ3v) is 6.03. The number of aliphatic hydroxyl groups excluding tert-OH is 1. The molecule has 2 aromatic carbocycles. The van der Waals surface area contributed by atoms with Crippen molar-refractivity contribution in [1.29, 1.82) is 0 Å². The molecule has 0 aliphatic carbocycles. The Labute approximate surface area is 197 Å². The number of ether oxygens (including phenoxy) is 1. The van der Waals surface area contributed by atoms with Crippen LogP contribution in [-0.4, -0.2) is 58.2 Å². The fourth-order valence-electron chi connectivity index (χ4n) is 4.11. The SMILES string of the molecule is O=C(O)CNC(=O)C1=C(O)CC2(COC2)N(Cc2ccc(-c3ccc(C(F)(F)F)cc3)cc2)C1=O. The molecule has 0 saturated carbocycles. The van der Waals surface area contributed by atoms with E-state index >= 15 is 0 Å². The van der Waals surface area contributed by atoms with Crippen LogP contribution in [0.5, 0.6) is 0 Å². The van der Waals surface area contributed by atoms with Gasteiger partial charge in [0.25, 0.3) is 11.8 Å². The standard InChI is InChI=1S/C24H21F3N2O6/c25-24(26,27)17-7-5-16(6-8-17)15-3-1-14(2-4-15)11-29-22(34)20(21(33)28-10-19(31)32)18(30)9-23(29)12-35-13-23/h1-8,30H,9-13H2,(H,28,33)(H,31,32). The topological polar surface area (TPSA) is 116 Å². The van der Waals surface area contributed by atoms with E-state index in [-0.39, 0.29) is 26.2 Å². The van der Waals surface area contributed by atoms with E-state index in [4.69, 9.17) is 9.84 Å². The van der Waals surface area contributed by atoms with Crippen LogP contribution in [0.1, 0.15) is 17.5 Å². The summed E-state index contributed by atoms with van der Waals surface area (Å²) < 4.78 is 43.7. The minimum atomic E-state index is -4.42. The highest BCUT2D eigenvalue weighted by molar-refractivity contribution is 6.19. The maximum Gasteiger partial charge on any atom is 0.416 e. The second kappa shape index (κ2) is 9.06. The zero-order valence-electron chi connectivity index (χ0n) is 18.3. The molecule has 0 radical (unpaired) electrons. The Morgan fingerprint density at radius 1 is 1.03 bits per heavy atom. The van der Waals surface area contributed by atoms with Gasteiger partial charge in [-0.15, -0.1) is 0 Å². The average Bonchev–Trinajstić information content (AvgIpc) is 2.78. The summed E-state index contributed by atoms with van der Waals surface area (Å²) in [5.74, 6) is -3.44. The Morgan fingerprint density at radius 2 is 1.60 bits per heavy atom. The molecular formula is C24H21F3N2O6. The van der Waals surface area contributed by atoms with E-state index in [1.165, 1.54) is 17.0 Å². The zero-order valence-corrected chi connectivity index (χ0v) is 18.3. The van der Waals surface area contributed by atoms with Crippen LogP contribution in [0.3, 0.4) is 0 Å². The van der Waals surface area contributed by atoms with Gasteiger partial charge in [-0.25, -0.2) is 0 Å². The van der Waals surface area contributed by atoms with Crippen LogP contribution in [0.25, 0.3) is 11.1 Å². The summed E-state index contributed by atoms with van der Waals surface area (Å²) in [5.41, 5.74) is -0.122. The second-order valence-corrected chi connectivity index (χ2v) is 8.46. The predicted molar refractivity (Wildman–Crippen MR) is 116 cm³/mol. The van der Waals surface area contributed by atoms with Gasteiger partial charge in [0.05, 0.1) is 24.3 Å². The summed E-state index contributed by atoms with van der Waals surface area (Å²) in [6.07, 6.45) is -4.44. The van der Waals surface area contributed by atoms with Gasteiger partial charge in [0.1, 0.15) is 17.9 Å². The number of nitrogens with one attached hydrogen (secondary N) is 1. The molecule has 0 atom stereocenters. The van der Waals surface area contributed by atoms with Crippen molar-refractivity contribution in [2.75, 3.05) is 19.8 Å². The number of halogens is 3. The van der Waals surface area contributed by atoms with E-state index in [9.17, 15) is 32.7 Å². The molecule has 8 nitrogen and oxygen atoms in total. The number of alkyl halides is 3. The van der Waals surface area contributed by atoms with Crippen molar-refractivity contribution in [2.24, 2.45) is 0 Å². The molecule has 184 valence electrons. The van der Waals surface area contributed by atoms with Crippen LogP contribution in [0.15, 0.2) is 59.9 Å². The summed E-state index contributed by atoms with van der Waals surface area (Å²) >= 11 is 0. The number of aliphatic carboxylic acids is 1. The predicted octanol–water partition coefficient (Wildman–Crippen LogP) is 2.89. The van der Waals surface area contributed by atoms with Crippen molar-refractivity contribution < 1.29 is 42.5 Å². The van der Waals surface area contributed by atoms with Crippen molar-refractivity contribution in [2.45, 2.75) is 24.7 Å². The molecule has 0 aromatic heterocycles. The Morgan fingerprint density at radius 3 is 2.09 bits per heavy atom. The highest BCUT2D eigenvalue weighted by atomic mass is 19.4. The Bertz CT molecular complexity index is 1190. The van der Waals surface area contributed by atoms with E-state index < -0.39 is 52.9 Å². The maximum atomic E-state index is 13.2. The lowest BCUT2D eigenvalue weighted by molar-refractivity contribution is -0.172. The molecule has 2 aliphatic heterocycles. The number of carbonyl (C=O) groups is 3. The maximum absolute atomic E-state index is 13.2. The minimum absolute atomic E-state index is 0.0157. The molecule has 1 saturated heterocycles. The van der Waals surface area contributed by atoms with Crippen molar-refractivity contribution in [3.05, 3.63) is 71.0 Å². The molecule has 0 unspecified atom stereocenters. The van der Waals surface area contributed by atoms with Crippen LogP contribution in [0, 0.1) is 0 Å². The molecule has 3 N–H and O–H groups in total. The largest absolute Gasteiger partial charge is 0.511 e. The van der Waals surface area contributed by atoms with E-state index in [0.717, 1.165) is 12.1 Å². The van der Waals surface area contributed by atoms with Crippen LogP contribution in [-0.2, 0) is 31.8 Å². The Hall–Kier alpha value is -3.86. The number of nitrogens with zero attached hydrogens (tertiary/aromatic N) is 1. The summed E-state index contributed by atoms with van der Waals surface area (Å²) in [5, 5.41) is 21.3. The normalized spacial score (nSPS) is 17.3. The van der Waals surface area contributed by atoms with E-state index in [1.54, 1.807) is 24.3 Å². The Kier molecular flexibility index (Phi) is 6.28. The first-order valence-electron chi connectivity index (χ1n) is 10.6. The first-order chi connectivity index (χ1) is 16.5. The summed E-state index contributed by atoms with van der Waals surface area (Å²) in [7, 11) is 0. The molecule has 1 spiro atoms. The minimum Gasteiger partial charge on any atom is -0.511 e. The lowest BCUT2D eigenvalue weighted by atomic mass is 9.83. The third-order valence-electron chi connectivity index (χ3n) is 6.03. The molecule has 11 heteroatoms. The molecule has 1 fully saturated rings. The van der Waals surface area contributed by atoms with E-state index in [2.05, 4.69) is 5.32 Å². The number of carboxylic acids is 1. The number of aliphatic hydroxyl groups is 1. The zero-order chi connectivity index (χ0) is 25.4. The van der Waals surface area contributed by atoms with Gasteiger partial charge in [0, 0.05) is 13.0 Å². The Balaban J connectivity index is 1.54. The van der Waals surface area contributed by atoms with Crippen LogP contribution in [0.2, 0.25) is 0 Å². The molecule has 4 rings (SSSR count). The molecule has 2 aromatic rings. The molecule has 2 aliphatic rings. The fourth-order valence-corrected chi connectivity index (χ4v) is 4.11. The van der Waals surface area contributed by atoms with Gasteiger partial charge in [0.2, 0.25) is 0 Å². The smallest absolute Gasteiger partial charge is 0.416 e. The van der Waals surface area contributed by atoms with Crippen LogP contribution >= 0.6 is 0 Å². The van der Waals surface area contributed by atoms with Crippen LogP contribution < -0.4 is 5.32 Å². The van der Waals surface area contributed by atoms with Crippen molar-refractivity contribution in [3.63, 3.8) is 0 Å². The molecule has 2 heterocycles. The number of benzene rings is 2. The number of carboxylic acid groups (broad SMARTS) is 1. The first-order valence-corrected chi connectivity index (χ1v) is 10.6. The summed E-state index contributed by atoms with van der Waals surface area (Å²) in [6, 6.07) is 11.6. The van der Waals surface area contributed by atoms with Crippen molar-refractivity contribution in [1.82, 2.24) is 10.2 Å². The van der Waals surface area contributed by atoms with Gasteiger partial charge in [-0.2, -0.15) is 13.2 Å². The molecule has 0 bridgehead atoms. The number of amides is 2.